The Kier molecular flexibility index (Phi) is 4.83. The van der Waals surface area contributed by atoms with Gasteiger partial charge in [-0.15, -0.1) is 0 Å². The van der Waals surface area contributed by atoms with Crippen LogP contribution in [0.15, 0.2) is 61.1 Å². The summed E-state index contributed by atoms with van der Waals surface area (Å²) in [6.45, 7) is 0. The van der Waals surface area contributed by atoms with Crippen molar-refractivity contribution < 1.29 is 9.59 Å². The number of fused-ring (bicyclic) bond motifs is 1. The Balaban J connectivity index is 1.46. The van der Waals surface area contributed by atoms with Crippen molar-refractivity contribution in [3.8, 4) is 0 Å². The highest BCUT2D eigenvalue weighted by atomic mass is 16.2. The molecule has 0 fully saturated rings. The molecule has 2 aromatic heterocycles. The molecule has 0 aliphatic carbocycles. The lowest BCUT2D eigenvalue weighted by Gasteiger charge is -2.06. The lowest BCUT2D eigenvalue weighted by Crippen LogP contribution is -2.15. The Bertz CT molecular complexity index is 1100. The van der Waals surface area contributed by atoms with Gasteiger partial charge in [-0.25, -0.2) is 4.98 Å². The number of hydrogen-bond acceptors (Lipinski definition) is 4. The van der Waals surface area contributed by atoms with Crippen LogP contribution in [0.5, 0.6) is 0 Å². The molecule has 2 aromatic carbocycles. The zero-order valence-corrected chi connectivity index (χ0v) is 14.9. The Hall–Kier alpha value is -3.94. The van der Waals surface area contributed by atoms with Crippen molar-refractivity contribution >= 4 is 34.2 Å². The molecule has 2 heterocycles. The van der Waals surface area contributed by atoms with Crippen molar-refractivity contribution in [3.63, 3.8) is 0 Å². The molecule has 28 heavy (non-hydrogen) atoms. The quantitative estimate of drug-likeness (QED) is 0.415. The third-order valence-electron chi connectivity index (χ3n) is 4.22. The van der Waals surface area contributed by atoms with Crippen LogP contribution in [0, 0.1) is 0 Å². The van der Waals surface area contributed by atoms with E-state index in [1.54, 1.807) is 24.4 Å². The number of rotatable bonds is 6. The fourth-order valence-corrected chi connectivity index (χ4v) is 2.90. The van der Waals surface area contributed by atoms with Crippen LogP contribution in [0.3, 0.4) is 0 Å². The van der Waals surface area contributed by atoms with Gasteiger partial charge in [-0.3, -0.25) is 14.7 Å². The lowest BCUT2D eigenvalue weighted by molar-refractivity contribution is -0.116. The number of nitrogens with one attached hydrogen (secondary N) is 4. The summed E-state index contributed by atoms with van der Waals surface area (Å²) in [5.74, 6) is 0.107. The van der Waals surface area contributed by atoms with Gasteiger partial charge >= 0.3 is 0 Å². The van der Waals surface area contributed by atoms with Crippen molar-refractivity contribution in [1.82, 2.24) is 20.2 Å². The van der Waals surface area contributed by atoms with Crippen LogP contribution >= 0.6 is 0 Å². The Morgan fingerprint density at radius 2 is 1.79 bits per heavy atom. The summed E-state index contributed by atoms with van der Waals surface area (Å²) < 4.78 is 0. The summed E-state index contributed by atoms with van der Waals surface area (Å²) in [5.41, 5.74) is 3.04. The molecule has 0 aliphatic heterocycles. The fourth-order valence-electron chi connectivity index (χ4n) is 2.90. The number of anilines is 2. The molecule has 8 nitrogen and oxygen atoms in total. The van der Waals surface area contributed by atoms with E-state index in [9.17, 15) is 9.59 Å². The maximum absolute atomic E-state index is 12.3. The molecule has 0 unspecified atom stereocenters. The lowest BCUT2D eigenvalue weighted by atomic mass is 10.1. The third kappa shape index (κ3) is 4.07. The van der Waals surface area contributed by atoms with Gasteiger partial charge in [0.05, 0.1) is 24.7 Å². The maximum Gasteiger partial charge on any atom is 0.230 e. The zero-order valence-electron chi connectivity index (χ0n) is 14.9. The number of hydrogen-bond donors (Lipinski definition) is 4. The summed E-state index contributed by atoms with van der Waals surface area (Å²) in [5, 5.41) is 13.4. The standard InChI is InChI=1S/C20H18N6O2/c27-18(8-13-4-2-1-3-5-13)24-20-16-9-14(6-7-17(16)25-26-20)23-19(28)10-15-11-21-12-22-15/h1-7,9,11-12H,8,10H2,(H,21,22)(H,23,28)(H2,24,25,26,27). The van der Waals surface area contributed by atoms with Crippen molar-refractivity contribution in [1.29, 1.82) is 0 Å². The molecular formula is C20H18N6O2. The second kappa shape index (κ2) is 7.75. The van der Waals surface area contributed by atoms with Gasteiger partial charge < -0.3 is 15.6 Å². The first kappa shape index (κ1) is 17.5. The molecule has 0 saturated carbocycles. The van der Waals surface area contributed by atoms with Gasteiger partial charge in [0.1, 0.15) is 0 Å². The van der Waals surface area contributed by atoms with E-state index in [4.69, 9.17) is 0 Å². The van der Waals surface area contributed by atoms with Crippen molar-refractivity contribution in [2.45, 2.75) is 12.8 Å². The Morgan fingerprint density at radius 3 is 2.57 bits per heavy atom. The maximum atomic E-state index is 12.3. The van der Waals surface area contributed by atoms with Gasteiger partial charge in [0.25, 0.3) is 0 Å². The van der Waals surface area contributed by atoms with Crippen LogP contribution in [0.4, 0.5) is 11.5 Å². The predicted octanol–water partition coefficient (Wildman–Crippen LogP) is 2.65. The number of nitrogens with zero attached hydrogens (tertiary/aromatic N) is 2. The molecule has 4 N–H and O–H groups in total. The van der Waals surface area contributed by atoms with Gasteiger partial charge in [-0.1, -0.05) is 30.3 Å². The number of aromatic amines is 2. The van der Waals surface area contributed by atoms with E-state index in [2.05, 4.69) is 30.8 Å². The number of carbonyl (C=O) groups excluding carboxylic acids is 2. The average molecular weight is 374 g/mol. The van der Waals surface area contributed by atoms with E-state index in [0.717, 1.165) is 22.2 Å². The molecule has 0 spiro atoms. The van der Waals surface area contributed by atoms with Crippen molar-refractivity contribution in [2.24, 2.45) is 0 Å². The molecule has 0 saturated heterocycles. The highest BCUT2D eigenvalue weighted by Crippen LogP contribution is 2.24. The van der Waals surface area contributed by atoms with Crippen LogP contribution in [-0.4, -0.2) is 32.0 Å². The molecule has 4 rings (SSSR count). The number of aromatic nitrogens is 4. The highest BCUT2D eigenvalue weighted by molar-refractivity contribution is 6.02. The molecule has 0 atom stereocenters. The highest BCUT2D eigenvalue weighted by Gasteiger charge is 2.12. The summed E-state index contributed by atoms with van der Waals surface area (Å²) in [6, 6.07) is 14.9. The van der Waals surface area contributed by atoms with E-state index >= 15 is 0 Å². The zero-order chi connectivity index (χ0) is 19.3. The minimum absolute atomic E-state index is 0.159. The first-order valence-corrected chi connectivity index (χ1v) is 8.76. The minimum atomic E-state index is -0.165. The summed E-state index contributed by atoms with van der Waals surface area (Å²) in [6.07, 6.45) is 3.60. The molecule has 0 radical (unpaired) electrons. The second-order valence-electron chi connectivity index (χ2n) is 6.34. The van der Waals surface area contributed by atoms with E-state index in [1.807, 2.05) is 30.3 Å². The number of carbonyl (C=O) groups is 2. The third-order valence-corrected chi connectivity index (χ3v) is 4.22. The van der Waals surface area contributed by atoms with Crippen molar-refractivity contribution in [3.05, 3.63) is 72.3 Å². The number of H-pyrrole nitrogens is 2. The largest absolute Gasteiger partial charge is 0.348 e. The van der Waals surface area contributed by atoms with Gasteiger partial charge in [0, 0.05) is 23.0 Å². The molecule has 0 aliphatic rings. The number of amides is 2. The molecule has 2 amide bonds. The van der Waals surface area contributed by atoms with E-state index < -0.39 is 0 Å². The van der Waals surface area contributed by atoms with Crippen LogP contribution in [-0.2, 0) is 22.4 Å². The summed E-state index contributed by atoms with van der Waals surface area (Å²) in [4.78, 5) is 31.3. The van der Waals surface area contributed by atoms with Gasteiger partial charge in [0.2, 0.25) is 11.8 Å². The topological polar surface area (TPSA) is 116 Å². The van der Waals surface area contributed by atoms with Crippen LogP contribution < -0.4 is 10.6 Å². The molecule has 0 bridgehead atoms. The van der Waals surface area contributed by atoms with Crippen molar-refractivity contribution in [2.75, 3.05) is 10.6 Å². The monoisotopic (exact) mass is 374 g/mol. The predicted molar refractivity (Wildman–Crippen MR) is 106 cm³/mol. The van der Waals surface area contributed by atoms with Gasteiger partial charge in [-0.2, -0.15) is 5.10 Å². The van der Waals surface area contributed by atoms with E-state index in [1.165, 1.54) is 6.33 Å². The average Bonchev–Trinajstić information content (AvgIpc) is 3.33. The molecule has 4 aromatic rings. The van der Waals surface area contributed by atoms with Crippen LogP contribution in [0.25, 0.3) is 10.9 Å². The second-order valence-corrected chi connectivity index (χ2v) is 6.34. The Labute approximate surface area is 160 Å². The first-order valence-electron chi connectivity index (χ1n) is 8.76. The van der Waals surface area contributed by atoms with Gasteiger partial charge in [-0.05, 0) is 23.8 Å². The van der Waals surface area contributed by atoms with Crippen LogP contribution in [0.2, 0.25) is 0 Å². The molecule has 8 heteroatoms. The van der Waals surface area contributed by atoms with Crippen LogP contribution in [0.1, 0.15) is 11.3 Å². The normalized spacial score (nSPS) is 10.7. The summed E-state index contributed by atoms with van der Waals surface area (Å²) in [7, 11) is 0. The van der Waals surface area contributed by atoms with E-state index in [-0.39, 0.29) is 24.7 Å². The molecule has 140 valence electrons. The first-order chi connectivity index (χ1) is 13.7. The number of imidazole rings is 1. The summed E-state index contributed by atoms with van der Waals surface area (Å²) >= 11 is 0. The van der Waals surface area contributed by atoms with Gasteiger partial charge in [0.15, 0.2) is 5.82 Å². The fraction of sp³-hybridized carbons (Fsp3) is 0.100. The Morgan fingerprint density at radius 1 is 0.964 bits per heavy atom. The minimum Gasteiger partial charge on any atom is -0.348 e. The molecular weight excluding hydrogens is 356 g/mol. The smallest absolute Gasteiger partial charge is 0.230 e. The number of benzene rings is 2. The SMILES string of the molecule is O=C(Cc1cnc[nH]1)Nc1ccc2[nH]nc(NC(=O)Cc3ccccc3)c2c1. The van der Waals surface area contributed by atoms with E-state index in [0.29, 0.717) is 11.5 Å².